The summed E-state index contributed by atoms with van der Waals surface area (Å²) in [6.45, 7) is 0. The van der Waals surface area contributed by atoms with Crippen molar-refractivity contribution in [3.8, 4) is 0 Å². The molecular formula is C10H13. The molecule has 3 unspecified atom stereocenters. The average molecular weight is 133 g/mol. The minimum Gasteiger partial charge on any atom is -0.0879 e. The van der Waals surface area contributed by atoms with Gasteiger partial charge in [-0.05, 0) is 49.4 Å². The Balaban J connectivity index is 1.97. The van der Waals surface area contributed by atoms with E-state index < -0.39 is 0 Å². The lowest BCUT2D eigenvalue weighted by molar-refractivity contribution is 0.329. The third-order valence-corrected chi connectivity index (χ3v) is 3.65. The van der Waals surface area contributed by atoms with Gasteiger partial charge < -0.3 is 0 Å². The molecule has 53 valence electrons. The van der Waals surface area contributed by atoms with Crippen LogP contribution in [0.3, 0.4) is 0 Å². The van der Waals surface area contributed by atoms with E-state index in [1.54, 1.807) is 0 Å². The fourth-order valence-corrected chi connectivity index (χ4v) is 3.18. The molecule has 0 amide bonds. The molecule has 0 aromatic rings. The lowest BCUT2D eigenvalue weighted by Crippen LogP contribution is -2.15. The summed E-state index contributed by atoms with van der Waals surface area (Å²) in [4.78, 5) is 0. The third kappa shape index (κ3) is 0.492. The monoisotopic (exact) mass is 133 g/mol. The maximum Gasteiger partial charge on any atom is -0.0137 e. The number of allylic oxidation sites excluding steroid dienone is 2. The zero-order valence-electron chi connectivity index (χ0n) is 6.22. The van der Waals surface area contributed by atoms with Gasteiger partial charge in [-0.1, -0.05) is 12.2 Å². The molecule has 3 aliphatic rings. The van der Waals surface area contributed by atoms with Crippen LogP contribution in [0.1, 0.15) is 25.7 Å². The number of rotatable bonds is 0. The Morgan fingerprint density at radius 3 is 3.30 bits per heavy atom. The molecule has 0 aliphatic heterocycles. The predicted octanol–water partition coefficient (Wildman–Crippen LogP) is 2.57. The van der Waals surface area contributed by atoms with Crippen molar-refractivity contribution in [2.75, 3.05) is 0 Å². The van der Waals surface area contributed by atoms with E-state index in [1.807, 2.05) is 5.92 Å². The van der Waals surface area contributed by atoms with Crippen LogP contribution < -0.4 is 0 Å². The van der Waals surface area contributed by atoms with E-state index in [-0.39, 0.29) is 0 Å². The Labute approximate surface area is 62.3 Å². The largest absolute Gasteiger partial charge is 0.0879 e. The van der Waals surface area contributed by atoms with Crippen molar-refractivity contribution >= 4 is 0 Å². The van der Waals surface area contributed by atoms with Crippen LogP contribution in [-0.2, 0) is 0 Å². The fourth-order valence-electron chi connectivity index (χ4n) is 3.18. The maximum atomic E-state index is 2.46. The van der Waals surface area contributed by atoms with Crippen LogP contribution in [0, 0.1) is 23.7 Å². The molecule has 0 spiro atoms. The Bertz CT molecular complexity index is 180. The molecule has 10 heavy (non-hydrogen) atoms. The van der Waals surface area contributed by atoms with E-state index in [1.165, 1.54) is 25.7 Å². The molecule has 0 aromatic carbocycles. The van der Waals surface area contributed by atoms with E-state index in [0.717, 1.165) is 17.8 Å². The molecule has 3 atom stereocenters. The smallest absolute Gasteiger partial charge is 0.0137 e. The van der Waals surface area contributed by atoms with Crippen LogP contribution in [0.5, 0.6) is 0 Å². The molecule has 0 nitrogen and oxygen atoms in total. The highest BCUT2D eigenvalue weighted by molar-refractivity contribution is 5.23. The van der Waals surface area contributed by atoms with Crippen LogP contribution in [-0.4, -0.2) is 0 Å². The summed E-state index contributed by atoms with van der Waals surface area (Å²) in [5, 5.41) is 0. The van der Waals surface area contributed by atoms with Gasteiger partial charge in [-0.15, -0.1) is 0 Å². The second kappa shape index (κ2) is 1.66. The summed E-state index contributed by atoms with van der Waals surface area (Å²) in [7, 11) is 0. The predicted molar refractivity (Wildman–Crippen MR) is 41.3 cm³/mol. The maximum absolute atomic E-state index is 2.46. The zero-order valence-corrected chi connectivity index (χ0v) is 6.22. The van der Waals surface area contributed by atoms with Crippen LogP contribution in [0.2, 0.25) is 0 Å². The third-order valence-electron chi connectivity index (χ3n) is 3.65. The quantitative estimate of drug-likeness (QED) is 0.445. The van der Waals surface area contributed by atoms with Gasteiger partial charge in [0.25, 0.3) is 0 Å². The van der Waals surface area contributed by atoms with Crippen molar-refractivity contribution in [2.24, 2.45) is 17.8 Å². The first kappa shape index (κ1) is 5.40. The standard InChI is InChI=1S/C10H13/c1-2-9-7-4-5-8(6-7)10(9)3-1/h1-2,8-10H,3-6H2. The van der Waals surface area contributed by atoms with Gasteiger partial charge in [0.1, 0.15) is 0 Å². The van der Waals surface area contributed by atoms with Gasteiger partial charge in [0.15, 0.2) is 0 Å². The van der Waals surface area contributed by atoms with Gasteiger partial charge in [0.2, 0.25) is 0 Å². The van der Waals surface area contributed by atoms with E-state index in [0.29, 0.717) is 0 Å². The zero-order chi connectivity index (χ0) is 6.55. The molecule has 2 fully saturated rings. The Hall–Kier alpha value is -0.260. The molecular weight excluding hydrogens is 120 g/mol. The molecule has 2 saturated carbocycles. The van der Waals surface area contributed by atoms with E-state index >= 15 is 0 Å². The highest BCUT2D eigenvalue weighted by Gasteiger charge is 2.47. The summed E-state index contributed by atoms with van der Waals surface area (Å²) in [5.41, 5.74) is 0. The molecule has 3 rings (SSSR count). The summed E-state index contributed by atoms with van der Waals surface area (Å²) in [5.74, 6) is 4.97. The molecule has 2 bridgehead atoms. The van der Waals surface area contributed by atoms with Crippen molar-refractivity contribution in [3.63, 3.8) is 0 Å². The second-order valence-electron chi connectivity index (χ2n) is 4.01. The Morgan fingerprint density at radius 1 is 1.40 bits per heavy atom. The SMILES string of the molecule is C1=CC2[C]3CCC(C3)C2C1. The fraction of sp³-hybridized carbons (Fsp3) is 0.700. The van der Waals surface area contributed by atoms with E-state index in [9.17, 15) is 0 Å². The van der Waals surface area contributed by atoms with Crippen LogP contribution in [0.4, 0.5) is 0 Å². The highest BCUT2D eigenvalue weighted by Crippen LogP contribution is 2.57. The normalized spacial score (nSPS) is 50.6. The number of hydrogen-bond acceptors (Lipinski definition) is 0. The summed E-state index contributed by atoms with van der Waals surface area (Å²) < 4.78 is 0. The van der Waals surface area contributed by atoms with Crippen molar-refractivity contribution in [3.05, 3.63) is 18.1 Å². The summed E-state index contributed by atoms with van der Waals surface area (Å²) in [6.07, 6.45) is 10.7. The minimum atomic E-state index is 0.943. The first-order valence-electron chi connectivity index (χ1n) is 4.46. The Morgan fingerprint density at radius 2 is 2.40 bits per heavy atom. The van der Waals surface area contributed by atoms with Crippen LogP contribution in [0.15, 0.2) is 12.2 Å². The molecule has 3 aliphatic carbocycles. The molecule has 0 N–H and O–H groups in total. The van der Waals surface area contributed by atoms with Gasteiger partial charge >= 0.3 is 0 Å². The average Bonchev–Trinajstić information content (AvgIpc) is 2.60. The molecule has 0 heterocycles. The van der Waals surface area contributed by atoms with Crippen molar-refractivity contribution in [2.45, 2.75) is 25.7 Å². The first-order valence-corrected chi connectivity index (χ1v) is 4.46. The lowest BCUT2D eigenvalue weighted by atomic mass is 9.82. The summed E-state index contributed by atoms with van der Waals surface area (Å²) in [6, 6.07) is 0. The van der Waals surface area contributed by atoms with Crippen molar-refractivity contribution in [1.82, 2.24) is 0 Å². The van der Waals surface area contributed by atoms with Crippen LogP contribution in [0.25, 0.3) is 0 Å². The van der Waals surface area contributed by atoms with Crippen molar-refractivity contribution in [1.29, 1.82) is 0 Å². The van der Waals surface area contributed by atoms with E-state index in [4.69, 9.17) is 0 Å². The summed E-state index contributed by atoms with van der Waals surface area (Å²) >= 11 is 0. The second-order valence-corrected chi connectivity index (χ2v) is 4.01. The van der Waals surface area contributed by atoms with Gasteiger partial charge in [-0.2, -0.15) is 0 Å². The highest BCUT2D eigenvalue weighted by atomic mass is 14.5. The van der Waals surface area contributed by atoms with Crippen molar-refractivity contribution < 1.29 is 0 Å². The molecule has 1 radical (unpaired) electrons. The van der Waals surface area contributed by atoms with Gasteiger partial charge in [0, 0.05) is 0 Å². The Kier molecular flexibility index (Phi) is 0.898. The van der Waals surface area contributed by atoms with E-state index in [2.05, 4.69) is 12.2 Å². The van der Waals surface area contributed by atoms with Gasteiger partial charge in [-0.3, -0.25) is 0 Å². The van der Waals surface area contributed by atoms with Gasteiger partial charge in [0.05, 0.1) is 0 Å². The topological polar surface area (TPSA) is 0 Å². The first-order chi connectivity index (χ1) is 4.95. The molecule has 0 heteroatoms. The number of fused-ring (bicyclic) bond motifs is 5. The van der Waals surface area contributed by atoms with Crippen LogP contribution >= 0.6 is 0 Å². The lowest BCUT2D eigenvalue weighted by Gasteiger charge is -2.23. The molecule has 0 saturated heterocycles. The van der Waals surface area contributed by atoms with Gasteiger partial charge in [-0.25, -0.2) is 0 Å². The minimum absolute atomic E-state index is 0.943. The molecule has 0 aromatic heterocycles. The number of hydrogen-bond donors (Lipinski definition) is 0.